The lowest BCUT2D eigenvalue weighted by Crippen LogP contribution is -2.27. The maximum absolute atomic E-state index is 14.6. The largest absolute Gasteiger partial charge is 0.322 e. The van der Waals surface area contributed by atoms with Crippen molar-refractivity contribution in [1.29, 1.82) is 0 Å². The highest BCUT2D eigenvalue weighted by molar-refractivity contribution is 8.00. The van der Waals surface area contributed by atoms with Crippen LogP contribution in [-0.2, 0) is 11.8 Å². The summed E-state index contributed by atoms with van der Waals surface area (Å²) in [6.07, 6.45) is 0. The molecule has 4 rings (SSSR count). The molecule has 0 aliphatic carbocycles. The van der Waals surface area contributed by atoms with Gasteiger partial charge < -0.3 is 5.32 Å². The van der Waals surface area contributed by atoms with Gasteiger partial charge in [-0.1, -0.05) is 36.0 Å². The minimum atomic E-state index is -0.611. The molecule has 0 aliphatic heterocycles. The molecule has 0 aliphatic rings. The Morgan fingerprint density at radius 1 is 1.12 bits per heavy atom. The predicted molar refractivity (Wildman–Crippen MR) is 124 cm³/mol. The third kappa shape index (κ3) is 3.91. The van der Waals surface area contributed by atoms with Gasteiger partial charge in [0.05, 0.1) is 38.9 Å². The number of hydrogen-bond acceptors (Lipinski definition) is 5. The minimum absolute atomic E-state index is 0.0878. The molecule has 2 aromatic heterocycles. The number of nitrogens with one attached hydrogen (secondary N) is 1. The van der Waals surface area contributed by atoms with Gasteiger partial charge in [-0.3, -0.25) is 18.8 Å². The summed E-state index contributed by atoms with van der Waals surface area (Å²) < 4.78 is 17.6. The van der Waals surface area contributed by atoms with E-state index in [1.165, 1.54) is 16.7 Å². The van der Waals surface area contributed by atoms with Gasteiger partial charge in [0.15, 0.2) is 5.16 Å². The van der Waals surface area contributed by atoms with E-state index in [0.717, 1.165) is 17.5 Å². The number of amides is 1. The summed E-state index contributed by atoms with van der Waals surface area (Å²) in [5.41, 5.74) is 2.38. The molecule has 4 aromatic rings. The van der Waals surface area contributed by atoms with Gasteiger partial charge >= 0.3 is 0 Å². The molecule has 7 nitrogen and oxygen atoms in total. The third-order valence-electron chi connectivity index (χ3n) is 5.25. The maximum Gasteiger partial charge on any atom is 0.266 e. The van der Waals surface area contributed by atoms with Crippen molar-refractivity contribution in [2.75, 3.05) is 5.32 Å². The van der Waals surface area contributed by atoms with E-state index in [1.807, 2.05) is 20.9 Å². The van der Waals surface area contributed by atoms with Crippen molar-refractivity contribution in [3.63, 3.8) is 0 Å². The average Bonchev–Trinajstić information content (AvgIpc) is 3.01. The van der Waals surface area contributed by atoms with Gasteiger partial charge in [-0.2, -0.15) is 5.10 Å². The number of aryl methyl sites for hydroxylation is 2. The zero-order chi connectivity index (χ0) is 23.0. The first-order chi connectivity index (χ1) is 15.3. The molecule has 0 fully saturated rings. The number of carbonyl (C=O) groups is 1. The third-order valence-corrected chi connectivity index (χ3v) is 6.30. The van der Waals surface area contributed by atoms with Gasteiger partial charge in [-0.25, -0.2) is 9.37 Å². The predicted octanol–water partition coefficient (Wildman–Crippen LogP) is 3.99. The number of rotatable bonds is 5. The number of carbonyl (C=O) groups excluding carboxylic acids is 1. The molecule has 164 valence electrons. The fourth-order valence-corrected chi connectivity index (χ4v) is 4.35. The Labute approximate surface area is 188 Å². The minimum Gasteiger partial charge on any atom is -0.322 e. The van der Waals surface area contributed by atoms with E-state index in [2.05, 4.69) is 15.4 Å². The Balaban J connectivity index is 1.75. The molecular formula is C23H22FN5O2S. The van der Waals surface area contributed by atoms with Crippen molar-refractivity contribution < 1.29 is 9.18 Å². The number of nitrogens with zero attached hydrogens (tertiary/aromatic N) is 4. The lowest BCUT2D eigenvalue weighted by molar-refractivity contribution is -0.115. The van der Waals surface area contributed by atoms with Crippen molar-refractivity contribution in [2.45, 2.75) is 31.2 Å². The molecule has 32 heavy (non-hydrogen) atoms. The van der Waals surface area contributed by atoms with Crippen molar-refractivity contribution in [2.24, 2.45) is 7.05 Å². The molecule has 1 atom stereocenters. The zero-order valence-corrected chi connectivity index (χ0v) is 18.9. The number of para-hydroxylation sites is 2. The smallest absolute Gasteiger partial charge is 0.266 e. The number of benzene rings is 2. The Bertz CT molecular complexity index is 1400. The van der Waals surface area contributed by atoms with Crippen LogP contribution in [0.3, 0.4) is 0 Å². The quantitative estimate of drug-likeness (QED) is 0.366. The van der Waals surface area contributed by atoms with Crippen LogP contribution in [0.25, 0.3) is 16.6 Å². The SMILES string of the molecule is Cc1nn(C)c(C)c1NC(=O)C(C)Sc1nc2ccccc2c(=O)n1-c1ccccc1F. The summed E-state index contributed by atoms with van der Waals surface area (Å²) in [4.78, 5) is 30.8. The monoisotopic (exact) mass is 451 g/mol. The van der Waals surface area contributed by atoms with Crippen LogP contribution in [-0.4, -0.2) is 30.5 Å². The summed E-state index contributed by atoms with van der Waals surface area (Å²) >= 11 is 1.09. The molecule has 1 unspecified atom stereocenters. The first-order valence-corrected chi connectivity index (χ1v) is 10.9. The highest BCUT2D eigenvalue weighted by Crippen LogP contribution is 2.27. The number of halogens is 1. The molecule has 0 saturated heterocycles. The number of fused-ring (bicyclic) bond motifs is 1. The second-order valence-electron chi connectivity index (χ2n) is 7.42. The summed E-state index contributed by atoms with van der Waals surface area (Å²) in [6.45, 7) is 5.41. The van der Waals surface area contributed by atoms with Gasteiger partial charge in [0.2, 0.25) is 5.91 Å². The summed E-state index contributed by atoms with van der Waals surface area (Å²) in [7, 11) is 1.81. The van der Waals surface area contributed by atoms with Crippen LogP contribution in [0.4, 0.5) is 10.1 Å². The Morgan fingerprint density at radius 2 is 1.81 bits per heavy atom. The second kappa shape index (κ2) is 8.58. The Hall–Kier alpha value is -3.46. The van der Waals surface area contributed by atoms with E-state index in [9.17, 15) is 14.0 Å². The van der Waals surface area contributed by atoms with E-state index in [1.54, 1.807) is 48.0 Å². The molecule has 0 radical (unpaired) electrons. The molecule has 0 spiro atoms. The molecule has 0 saturated carbocycles. The number of hydrogen-bond donors (Lipinski definition) is 1. The van der Waals surface area contributed by atoms with E-state index in [4.69, 9.17) is 0 Å². The van der Waals surface area contributed by atoms with Crippen molar-refractivity contribution in [3.05, 3.63) is 76.1 Å². The molecule has 1 N–H and O–H groups in total. The van der Waals surface area contributed by atoms with Crippen LogP contribution in [0.1, 0.15) is 18.3 Å². The van der Waals surface area contributed by atoms with E-state index in [-0.39, 0.29) is 16.8 Å². The molecule has 0 bridgehead atoms. The fraction of sp³-hybridized carbons (Fsp3) is 0.217. The van der Waals surface area contributed by atoms with Crippen LogP contribution in [0, 0.1) is 19.7 Å². The highest BCUT2D eigenvalue weighted by Gasteiger charge is 2.23. The number of aromatic nitrogens is 4. The van der Waals surface area contributed by atoms with Crippen molar-refractivity contribution >= 4 is 34.3 Å². The molecule has 1 amide bonds. The lowest BCUT2D eigenvalue weighted by atomic mass is 10.2. The summed E-state index contributed by atoms with van der Waals surface area (Å²) in [5, 5.41) is 7.22. The number of anilines is 1. The van der Waals surface area contributed by atoms with E-state index >= 15 is 0 Å². The average molecular weight is 452 g/mol. The second-order valence-corrected chi connectivity index (χ2v) is 8.73. The Morgan fingerprint density at radius 3 is 2.50 bits per heavy atom. The fourth-order valence-electron chi connectivity index (χ4n) is 3.43. The van der Waals surface area contributed by atoms with Crippen LogP contribution in [0.2, 0.25) is 0 Å². The van der Waals surface area contributed by atoms with E-state index < -0.39 is 16.6 Å². The number of thioether (sulfide) groups is 1. The van der Waals surface area contributed by atoms with Gasteiger partial charge in [-0.15, -0.1) is 0 Å². The van der Waals surface area contributed by atoms with Gasteiger partial charge in [0.25, 0.3) is 5.56 Å². The Kier molecular flexibility index (Phi) is 5.84. The normalized spacial score (nSPS) is 12.2. The first kappa shape index (κ1) is 21.8. The van der Waals surface area contributed by atoms with Crippen LogP contribution in [0.15, 0.2) is 58.5 Å². The molecule has 2 aromatic carbocycles. The van der Waals surface area contributed by atoms with Crippen molar-refractivity contribution in [3.8, 4) is 5.69 Å². The van der Waals surface area contributed by atoms with Crippen LogP contribution in [0.5, 0.6) is 0 Å². The van der Waals surface area contributed by atoms with Crippen LogP contribution < -0.4 is 10.9 Å². The molecule has 2 heterocycles. The summed E-state index contributed by atoms with van der Waals surface area (Å²) in [5.74, 6) is -0.816. The standard InChI is InChI=1S/C23H22FN5O2S/c1-13-20(14(2)28(4)27-13)26-21(30)15(3)32-23-25-18-11-7-5-9-16(18)22(31)29(23)19-12-8-6-10-17(19)24/h5-12,15H,1-4H3,(H,26,30). The molecular weight excluding hydrogens is 429 g/mol. The summed E-state index contributed by atoms with van der Waals surface area (Å²) in [6, 6.07) is 12.9. The van der Waals surface area contributed by atoms with Gasteiger partial charge in [0, 0.05) is 7.05 Å². The molecule has 9 heteroatoms. The van der Waals surface area contributed by atoms with Gasteiger partial charge in [0.1, 0.15) is 5.82 Å². The maximum atomic E-state index is 14.6. The van der Waals surface area contributed by atoms with Crippen molar-refractivity contribution in [1.82, 2.24) is 19.3 Å². The van der Waals surface area contributed by atoms with Crippen LogP contribution >= 0.6 is 11.8 Å². The zero-order valence-electron chi connectivity index (χ0n) is 18.1. The van der Waals surface area contributed by atoms with Gasteiger partial charge in [-0.05, 0) is 45.0 Å². The topological polar surface area (TPSA) is 81.8 Å². The first-order valence-electron chi connectivity index (χ1n) is 10.0. The highest BCUT2D eigenvalue weighted by atomic mass is 32.2. The van der Waals surface area contributed by atoms with E-state index in [0.29, 0.717) is 22.3 Å². The lowest BCUT2D eigenvalue weighted by Gasteiger charge is -2.17.